The average Bonchev–Trinajstić information content (AvgIpc) is 2.75. The number of amides is 1. The lowest BCUT2D eigenvalue weighted by atomic mass is 9.97. The van der Waals surface area contributed by atoms with Gasteiger partial charge >= 0.3 is 0 Å². The number of anilines is 2. The molecule has 0 aliphatic heterocycles. The molecule has 0 saturated heterocycles. The summed E-state index contributed by atoms with van der Waals surface area (Å²) in [6, 6.07) is 14.3. The molecule has 7 nitrogen and oxygen atoms in total. The monoisotopic (exact) mass is 421 g/mol. The van der Waals surface area contributed by atoms with Gasteiger partial charge in [-0.1, -0.05) is 24.3 Å². The maximum atomic E-state index is 13.6. The number of carbonyl (C=O) groups is 2. The molecule has 3 aromatic carbocycles. The summed E-state index contributed by atoms with van der Waals surface area (Å²) in [5.74, 6) is -1.62. The van der Waals surface area contributed by atoms with E-state index in [0.29, 0.717) is 16.9 Å². The van der Waals surface area contributed by atoms with Crippen molar-refractivity contribution in [3.63, 3.8) is 0 Å². The van der Waals surface area contributed by atoms with Gasteiger partial charge in [0.15, 0.2) is 5.78 Å². The Balaban J connectivity index is 1.99. The van der Waals surface area contributed by atoms with Crippen LogP contribution in [0.5, 0.6) is 0 Å². The minimum Gasteiger partial charge on any atom is -0.372 e. The lowest BCUT2D eigenvalue weighted by Crippen LogP contribution is -2.18. The number of hydrogen-bond acceptors (Lipinski definition) is 5. The molecular weight excluding hydrogens is 401 g/mol. The number of benzene rings is 3. The Labute approximate surface area is 178 Å². The first kappa shape index (κ1) is 21.6. The zero-order valence-corrected chi connectivity index (χ0v) is 17.2. The van der Waals surface area contributed by atoms with E-state index in [9.17, 15) is 24.1 Å². The third kappa shape index (κ3) is 4.58. The van der Waals surface area contributed by atoms with Crippen LogP contribution in [-0.4, -0.2) is 30.7 Å². The van der Waals surface area contributed by atoms with Gasteiger partial charge < -0.3 is 10.2 Å². The Bertz CT molecular complexity index is 1190. The Morgan fingerprint density at radius 3 is 2.32 bits per heavy atom. The summed E-state index contributed by atoms with van der Waals surface area (Å²) in [5.41, 5.74) is 1.34. The number of nitro groups is 1. The van der Waals surface area contributed by atoms with E-state index in [0.717, 1.165) is 0 Å². The Hall–Kier alpha value is -4.07. The summed E-state index contributed by atoms with van der Waals surface area (Å²) >= 11 is 0. The second-order valence-corrected chi connectivity index (χ2v) is 7.14. The highest BCUT2D eigenvalue weighted by molar-refractivity contribution is 6.18. The van der Waals surface area contributed by atoms with E-state index >= 15 is 0 Å². The lowest BCUT2D eigenvalue weighted by molar-refractivity contribution is -0.384. The summed E-state index contributed by atoms with van der Waals surface area (Å²) in [6.07, 6.45) is 0. The molecule has 0 saturated carbocycles. The summed E-state index contributed by atoms with van der Waals surface area (Å²) in [5, 5.41) is 14.1. The fourth-order valence-electron chi connectivity index (χ4n) is 3.14. The predicted octanol–water partition coefficient (Wildman–Crippen LogP) is 4.59. The number of hydrogen-bond donors (Lipinski definition) is 1. The smallest absolute Gasteiger partial charge is 0.293 e. The molecule has 31 heavy (non-hydrogen) atoms. The van der Waals surface area contributed by atoms with Crippen LogP contribution in [0.25, 0.3) is 0 Å². The third-order valence-electron chi connectivity index (χ3n) is 4.78. The number of halogens is 1. The molecule has 0 aromatic heterocycles. The summed E-state index contributed by atoms with van der Waals surface area (Å²) in [6.45, 7) is 1.72. The van der Waals surface area contributed by atoms with E-state index in [1.807, 2.05) is 0 Å². The zero-order chi connectivity index (χ0) is 22.7. The van der Waals surface area contributed by atoms with E-state index in [1.165, 1.54) is 48.5 Å². The Morgan fingerprint density at radius 2 is 1.68 bits per heavy atom. The van der Waals surface area contributed by atoms with Gasteiger partial charge in [-0.3, -0.25) is 19.7 Å². The van der Waals surface area contributed by atoms with Crippen LogP contribution in [0.1, 0.15) is 31.8 Å². The molecule has 0 aliphatic carbocycles. The SMILES string of the molecule is Cc1ccc(F)cc1NC(=O)c1ccccc1C(=O)c1ccc(N(C)C)c([N+](=O)[O-])c1. The van der Waals surface area contributed by atoms with Crippen LogP contribution in [0.2, 0.25) is 0 Å². The summed E-state index contributed by atoms with van der Waals surface area (Å²) < 4.78 is 13.6. The molecule has 8 heteroatoms. The maximum absolute atomic E-state index is 13.6. The summed E-state index contributed by atoms with van der Waals surface area (Å²) in [4.78, 5) is 38.4. The molecule has 0 bridgehead atoms. The van der Waals surface area contributed by atoms with Crippen LogP contribution >= 0.6 is 0 Å². The molecule has 0 fully saturated rings. The fraction of sp³-hybridized carbons (Fsp3) is 0.130. The van der Waals surface area contributed by atoms with Gasteiger partial charge in [-0.2, -0.15) is 0 Å². The highest BCUT2D eigenvalue weighted by atomic mass is 19.1. The quantitative estimate of drug-likeness (QED) is 0.357. The van der Waals surface area contributed by atoms with Gasteiger partial charge in [-0.15, -0.1) is 0 Å². The second-order valence-electron chi connectivity index (χ2n) is 7.14. The van der Waals surface area contributed by atoms with Gasteiger partial charge in [0.05, 0.1) is 10.5 Å². The molecule has 158 valence electrons. The number of carbonyl (C=O) groups excluding carboxylic acids is 2. The van der Waals surface area contributed by atoms with Crippen molar-refractivity contribution < 1.29 is 18.9 Å². The van der Waals surface area contributed by atoms with Gasteiger partial charge in [0.1, 0.15) is 11.5 Å². The van der Waals surface area contributed by atoms with Crippen molar-refractivity contribution in [2.24, 2.45) is 0 Å². The highest BCUT2D eigenvalue weighted by Gasteiger charge is 2.23. The number of nitro benzene ring substituents is 1. The van der Waals surface area contributed by atoms with Crippen LogP contribution in [0.15, 0.2) is 60.7 Å². The fourth-order valence-corrected chi connectivity index (χ4v) is 3.14. The molecule has 0 spiro atoms. The molecule has 0 heterocycles. The van der Waals surface area contributed by atoms with Crippen LogP contribution < -0.4 is 10.2 Å². The van der Waals surface area contributed by atoms with Crippen molar-refractivity contribution in [2.45, 2.75) is 6.92 Å². The van der Waals surface area contributed by atoms with Gasteiger partial charge in [0, 0.05) is 37.0 Å². The molecule has 0 atom stereocenters. The second kappa shape index (κ2) is 8.74. The van der Waals surface area contributed by atoms with Crippen molar-refractivity contribution in [2.75, 3.05) is 24.3 Å². The number of nitrogens with one attached hydrogen (secondary N) is 1. The van der Waals surface area contributed by atoms with Crippen LogP contribution in [-0.2, 0) is 0 Å². The molecule has 0 radical (unpaired) electrons. The van der Waals surface area contributed by atoms with Crippen molar-refractivity contribution in [1.82, 2.24) is 0 Å². The zero-order valence-electron chi connectivity index (χ0n) is 17.2. The Kier molecular flexibility index (Phi) is 6.10. The predicted molar refractivity (Wildman–Crippen MR) is 116 cm³/mol. The number of ketones is 1. The van der Waals surface area contributed by atoms with Gasteiger partial charge in [0.2, 0.25) is 0 Å². The Morgan fingerprint density at radius 1 is 1.00 bits per heavy atom. The minimum absolute atomic E-state index is 0.0792. The molecule has 1 amide bonds. The molecule has 0 aliphatic rings. The van der Waals surface area contributed by atoms with Gasteiger partial charge in [-0.25, -0.2) is 4.39 Å². The van der Waals surface area contributed by atoms with Crippen LogP contribution in [0, 0.1) is 22.9 Å². The third-order valence-corrected chi connectivity index (χ3v) is 4.78. The van der Waals surface area contributed by atoms with E-state index in [2.05, 4.69) is 5.32 Å². The van der Waals surface area contributed by atoms with E-state index in [1.54, 1.807) is 38.1 Å². The van der Waals surface area contributed by atoms with Crippen molar-refractivity contribution >= 4 is 28.8 Å². The molecule has 3 rings (SSSR count). The topological polar surface area (TPSA) is 92.6 Å². The van der Waals surface area contributed by atoms with Gasteiger partial charge in [-0.05, 0) is 42.8 Å². The number of aryl methyl sites for hydroxylation is 1. The largest absolute Gasteiger partial charge is 0.372 e. The molecular formula is C23H20FN3O4. The van der Waals surface area contributed by atoms with Crippen molar-refractivity contribution in [1.29, 1.82) is 0 Å². The van der Waals surface area contributed by atoms with E-state index in [4.69, 9.17) is 0 Å². The lowest BCUT2D eigenvalue weighted by Gasteiger charge is -2.14. The first-order valence-electron chi connectivity index (χ1n) is 9.36. The first-order chi connectivity index (χ1) is 14.7. The summed E-state index contributed by atoms with van der Waals surface area (Å²) in [7, 11) is 3.33. The average molecular weight is 421 g/mol. The van der Waals surface area contributed by atoms with Crippen LogP contribution in [0.4, 0.5) is 21.5 Å². The molecule has 1 N–H and O–H groups in total. The highest BCUT2D eigenvalue weighted by Crippen LogP contribution is 2.29. The van der Waals surface area contributed by atoms with Gasteiger partial charge in [0.25, 0.3) is 11.6 Å². The number of rotatable bonds is 6. The van der Waals surface area contributed by atoms with E-state index in [-0.39, 0.29) is 22.4 Å². The van der Waals surface area contributed by atoms with Crippen molar-refractivity contribution in [3.05, 3.63) is 98.8 Å². The number of nitrogens with zero attached hydrogens (tertiary/aromatic N) is 2. The van der Waals surface area contributed by atoms with Crippen molar-refractivity contribution in [3.8, 4) is 0 Å². The maximum Gasteiger partial charge on any atom is 0.293 e. The van der Waals surface area contributed by atoms with Crippen LogP contribution in [0.3, 0.4) is 0 Å². The first-order valence-corrected chi connectivity index (χ1v) is 9.36. The standard InChI is InChI=1S/C23H20FN3O4/c1-14-8-10-16(24)13-19(14)25-23(29)18-7-5-4-6-17(18)22(28)15-9-11-20(26(2)3)21(12-15)27(30)31/h4-13H,1-3H3,(H,25,29). The molecule has 3 aromatic rings. The normalized spacial score (nSPS) is 10.5. The minimum atomic E-state index is -0.586. The molecule has 0 unspecified atom stereocenters. The van der Waals surface area contributed by atoms with E-state index < -0.39 is 22.4 Å².